The lowest BCUT2D eigenvalue weighted by molar-refractivity contribution is 0.0675. The van der Waals surface area contributed by atoms with Crippen molar-refractivity contribution in [2.75, 3.05) is 32.6 Å². The highest BCUT2D eigenvalue weighted by Gasteiger charge is 2.11. The molecule has 4 nitrogen and oxygen atoms in total. The zero-order valence-electron chi connectivity index (χ0n) is 9.93. The normalized spacial score (nSPS) is 17.2. The third-order valence-electron chi connectivity index (χ3n) is 2.65. The number of nitrogens with zero attached hydrogens (tertiary/aromatic N) is 2. The van der Waals surface area contributed by atoms with Crippen LogP contribution in [0.25, 0.3) is 0 Å². The molecular weight excluding hydrogens is 234 g/mol. The Morgan fingerprint density at radius 1 is 1.29 bits per heavy atom. The fourth-order valence-corrected chi connectivity index (χ4v) is 2.06. The van der Waals surface area contributed by atoms with Gasteiger partial charge in [-0.25, -0.2) is 4.99 Å². The first-order valence-electron chi connectivity index (χ1n) is 5.60. The Morgan fingerprint density at radius 3 is 2.53 bits per heavy atom. The summed E-state index contributed by atoms with van der Waals surface area (Å²) in [6.07, 6.45) is 2.06. The fourth-order valence-electron chi connectivity index (χ4n) is 1.65. The van der Waals surface area contributed by atoms with Crippen molar-refractivity contribution in [1.82, 2.24) is 4.90 Å². The number of hydrogen-bond donors (Lipinski definition) is 1. The van der Waals surface area contributed by atoms with Gasteiger partial charge in [0.1, 0.15) is 0 Å². The molecule has 1 saturated heterocycles. The van der Waals surface area contributed by atoms with Crippen molar-refractivity contribution in [3.05, 3.63) is 24.3 Å². The standard InChI is InChI=1S/C12H17N3OS/c1-17-11-4-2-10(3-5-11)14-12(13)15-6-8-16-9-7-15/h2-5H,6-9H2,1H3,(H2,13,14). The van der Waals surface area contributed by atoms with Crippen LogP contribution >= 0.6 is 11.8 Å². The van der Waals surface area contributed by atoms with E-state index in [0.29, 0.717) is 5.96 Å². The quantitative estimate of drug-likeness (QED) is 0.494. The molecule has 0 aliphatic carbocycles. The predicted octanol–water partition coefficient (Wildman–Crippen LogP) is 1.69. The number of aliphatic imine (C=N–C) groups is 1. The number of guanidine groups is 1. The summed E-state index contributed by atoms with van der Waals surface area (Å²) < 4.78 is 5.28. The van der Waals surface area contributed by atoms with Crippen LogP contribution in [0.4, 0.5) is 5.69 Å². The van der Waals surface area contributed by atoms with Gasteiger partial charge in [-0.1, -0.05) is 0 Å². The molecule has 5 heteroatoms. The van der Waals surface area contributed by atoms with E-state index < -0.39 is 0 Å². The lowest BCUT2D eigenvalue weighted by atomic mass is 10.3. The first kappa shape index (κ1) is 12.3. The smallest absolute Gasteiger partial charge is 0.196 e. The van der Waals surface area contributed by atoms with Crippen LogP contribution in [0.15, 0.2) is 34.2 Å². The fraction of sp³-hybridized carbons (Fsp3) is 0.417. The van der Waals surface area contributed by atoms with Gasteiger partial charge < -0.3 is 15.4 Å². The summed E-state index contributed by atoms with van der Waals surface area (Å²) in [6.45, 7) is 3.08. The third-order valence-corrected chi connectivity index (χ3v) is 3.39. The van der Waals surface area contributed by atoms with E-state index in [1.165, 1.54) is 4.90 Å². The lowest BCUT2D eigenvalue weighted by Gasteiger charge is -2.27. The van der Waals surface area contributed by atoms with Gasteiger partial charge in [0.15, 0.2) is 5.96 Å². The molecule has 17 heavy (non-hydrogen) atoms. The van der Waals surface area contributed by atoms with Crippen LogP contribution in [0.1, 0.15) is 0 Å². The molecule has 0 atom stereocenters. The number of benzene rings is 1. The third kappa shape index (κ3) is 3.38. The zero-order chi connectivity index (χ0) is 12.1. The van der Waals surface area contributed by atoms with Crippen molar-refractivity contribution in [1.29, 1.82) is 0 Å². The van der Waals surface area contributed by atoms with Gasteiger partial charge in [-0.3, -0.25) is 0 Å². The van der Waals surface area contributed by atoms with Gasteiger partial charge in [0.2, 0.25) is 0 Å². The molecular formula is C12H17N3OS. The van der Waals surface area contributed by atoms with Crippen molar-refractivity contribution in [2.24, 2.45) is 10.7 Å². The van der Waals surface area contributed by atoms with Gasteiger partial charge in [0, 0.05) is 18.0 Å². The molecule has 1 aromatic rings. The van der Waals surface area contributed by atoms with E-state index in [2.05, 4.69) is 23.4 Å². The van der Waals surface area contributed by atoms with Gasteiger partial charge in [-0.15, -0.1) is 11.8 Å². The summed E-state index contributed by atoms with van der Waals surface area (Å²) >= 11 is 1.72. The van der Waals surface area contributed by atoms with Crippen molar-refractivity contribution in [3.8, 4) is 0 Å². The largest absolute Gasteiger partial charge is 0.378 e. The molecule has 1 aromatic carbocycles. The van der Waals surface area contributed by atoms with Gasteiger partial charge in [0.25, 0.3) is 0 Å². The Kier molecular flexibility index (Phi) is 4.28. The molecule has 0 spiro atoms. The maximum Gasteiger partial charge on any atom is 0.196 e. The SMILES string of the molecule is CSc1ccc(N=C(N)N2CCOCC2)cc1. The van der Waals surface area contributed by atoms with Crippen LogP contribution < -0.4 is 5.73 Å². The predicted molar refractivity (Wildman–Crippen MR) is 71.9 cm³/mol. The summed E-state index contributed by atoms with van der Waals surface area (Å²) in [5, 5.41) is 0. The van der Waals surface area contributed by atoms with E-state index >= 15 is 0 Å². The minimum atomic E-state index is 0.574. The second kappa shape index (κ2) is 5.93. The molecule has 0 radical (unpaired) electrons. The van der Waals surface area contributed by atoms with Gasteiger partial charge >= 0.3 is 0 Å². The van der Waals surface area contributed by atoms with Crippen molar-refractivity contribution >= 4 is 23.4 Å². The van der Waals surface area contributed by atoms with Crippen molar-refractivity contribution < 1.29 is 4.74 Å². The summed E-state index contributed by atoms with van der Waals surface area (Å²) in [5.41, 5.74) is 6.86. The lowest BCUT2D eigenvalue weighted by Crippen LogP contribution is -2.44. The van der Waals surface area contributed by atoms with E-state index in [0.717, 1.165) is 32.0 Å². The average Bonchev–Trinajstić information content (AvgIpc) is 2.40. The Morgan fingerprint density at radius 2 is 1.94 bits per heavy atom. The summed E-state index contributed by atoms with van der Waals surface area (Å²) in [7, 11) is 0. The summed E-state index contributed by atoms with van der Waals surface area (Å²) in [6, 6.07) is 8.07. The van der Waals surface area contributed by atoms with Crippen LogP contribution in [0.2, 0.25) is 0 Å². The minimum Gasteiger partial charge on any atom is -0.378 e. The second-order valence-corrected chi connectivity index (χ2v) is 4.65. The van der Waals surface area contributed by atoms with Crippen LogP contribution in [-0.2, 0) is 4.74 Å². The molecule has 2 N–H and O–H groups in total. The topological polar surface area (TPSA) is 50.8 Å². The van der Waals surface area contributed by atoms with E-state index in [9.17, 15) is 0 Å². The minimum absolute atomic E-state index is 0.574. The number of rotatable bonds is 2. The van der Waals surface area contributed by atoms with E-state index in [4.69, 9.17) is 10.5 Å². The molecule has 1 heterocycles. The molecule has 0 unspecified atom stereocenters. The van der Waals surface area contributed by atoms with Gasteiger partial charge in [-0.05, 0) is 30.5 Å². The molecule has 2 rings (SSSR count). The highest BCUT2D eigenvalue weighted by molar-refractivity contribution is 7.98. The number of morpholine rings is 1. The van der Waals surface area contributed by atoms with Gasteiger partial charge in [0.05, 0.1) is 18.9 Å². The number of thioether (sulfide) groups is 1. The van der Waals surface area contributed by atoms with Crippen LogP contribution in [0.3, 0.4) is 0 Å². The number of hydrogen-bond acceptors (Lipinski definition) is 3. The first-order chi connectivity index (χ1) is 8.29. The first-order valence-corrected chi connectivity index (χ1v) is 6.83. The van der Waals surface area contributed by atoms with Crippen molar-refractivity contribution in [2.45, 2.75) is 4.90 Å². The molecule has 0 aromatic heterocycles. The van der Waals surface area contributed by atoms with E-state index in [-0.39, 0.29) is 0 Å². The molecule has 92 valence electrons. The molecule has 0 saturated carbocycles. The average molecular weight is 251 g/mol. The second-order valence-electron chi connectivity index (χ2n) is 3.77. The Balaban J connectivity index is 2.05. The Hall–Kier alpha value is -1.20. The summed E-state index contributed by atoms with van der Waals surface area (Å²) in [4.78, 5) is 7.69. The maximum absolute atomic E-state index is 5.97. The molecule has 0 bridgehead atoms. The van der Waals surface area contributed by atoms with E-state index in [1.54, 1.807) is 11.8 Å². The van der Waals surface area contributed by atoms with Crippen LogP contribution in [0, 0.1) is 0 Å². The molecule has 0 amide bonds. The van der Waals surface area contributed by atoms with E-state index in [1.807, 2.05) is 17.0 Å². The van der Waals surface area contributed by atoms with Crippen LogP contribution in [0.5, 0.6) is 0 Å². The maximum atomic E-state index is 5.97. The molecule has 1 fully saturated rings. The zero-order valence-corrected chi connectivity index (χ0v) is 10.7. The number of ether oxygens (including phenoxy) is 1. The van der Waals surface area contributed by atoms with Gasteiger partial charge in [-0.2, -0.15) is 0 Å². The molecule has 1 aliphatic rings. The monoisotopic (exact) mass is 251 g/mol. The molecule has 1 aliphatic heterocycles. The number of nitrogens with two attached hydrogens (primary N) is 1. The highest BCUT2D eigenvalue weighted by Crippen LogP contribution is 2.19. The van der Waals surface area contributed by atoms with Crippen LogP contribution in [-0.4, -0.2) is 43.4 Å². The Bertz CT molecular complexity index is 385. The summed E-state index contributed by atoms with van der Waals surface area (Å²) in [5.74, 6) is 0.574. The highest BCUT2D eigenvalue weighted by atomic mass is 32.2. The van der Waals surface area contributed by atoms with Crippen molar-refractivity contribution in [3.63, 3.8) is 0 Å². The Labute approximate surface area is 106 Å².